The maximum atomic E-state index is 15.5. The Labute approximate surface area is 840 Å². The number of aliphatic hydroxyl groups excluding tert-OH is 1. The zero-order chi connectivity index (χ0) is 108. The number of rotatable bonds is 39. The maximum Gasteiger partial charge on any atom is 0.305 e. The van der Waals surface area contributed by atoms with Crippen molar-refractivity contribution in [3.05, 3.63) is 95.6 Å². The molecule has 30 N–H and O–H groups in total. The Morgan fingerprint density at radius 2 is 0.876 bits per heavy atom. The Bertz CT molecular complexity index is 5090. The lowest BCUT2D eigenvalue weighted by molar-refractivity contribution is -0.144. The van der Waals surface area contributed by atoms with Crippen molar-refractivity contribution >= 4 is 158 Å². The van der Waals surface area contributed by atoms with Gasteiger partial charge in [-0.3, -0.25) is 110 Å². The first kappa shape index (κ1) is 119. The summed E-state index contributed by atoms with van der Waals surface area (Å²) in [6, 6.07) is -13.5. The zero-order valence-corrected chi connectivity index (χ0v) is 81.9. The average molecular weight is 2080 g/mol. The molecule has 51 nitrogen and oxygen atoms in total. The summed E-state index contributed by atoms with van der Waals surface area (Å²) in [5.74, 6) is -33.4. The van der Waals surface area contributed by atoms with Gasteiger partial charge in [0.15, 0.2) is 0 Å². The smallest absolute Gasteiger partial charge is 0.305 e. The lowest BCUT2D eigenvalue weighted by atomic mass is 9.96. The van der Waals surface area contributed by atoms with E-state index in [4.69, 9.17) is 22.9 Å². The number of fused-ring (bicyclic) bond motifs is 1. The second-order valence-corrected chi connectivity index (χ2v) is 37.9. The van der Waals surface area contributed by atoms with Gasteiger partial charge in [-0.15, -0.1) is 0 Å². The summed E-state index contributed by atoms with van der Waals surface area (Å²) in [4.78, 5) is 328. The van der Waals surface area contributed by atoms with Gasteiger partial charge in [-0.1, -0.05) is 117 Å². The number of likely N-dealkylation sites (tertiary alicyclic amines) is 1. The number of aliphatic carboxylic acids is 5. The van der Waals surface area contributed by atoms with Crippen molar-refractivity contribution in [3.8, 4) is 11.5 Å². The van der Waals surface area contributed by atoms with E-state index in [9.17, 15) is 108 Å². The van der Waals surface area contributed by atoms with Gasteiger partial charge in [0.2, 0.25) is 106 Å². The Hall–Kier alpha value is -14.3. The third-order valence-corrected chi connectivity index (χ3v) is 26.7. The van der Waals surface area contributed by atoms with Crippen LogP contribution in [0.3, 0.4) is 0 Å². The standard InChI is InChI=1S/C92H130N20O31S2/c1-5-46(3)74-89(140)100-56(29-33-70(119)120)79(130)102-60(39-49-19-23-51(114)24-20-49)84(135)110-75(47(4)6-2)90(141)108-65(85(136)101-58(16-10-11-35-93)91(142)111-36-12-18-67(111)88(139)106-63(43-113)76(96)127)45-145-144-44-64(107-77(128)53(94)41-72(123)124)86(137)103-59(38-48-14-8-7-9-15-48)82(133)98-54(27-31-68(95)116)78(129)97-55(28-32-69(117)118)80(131)105-62(40-50-21-25-52(115)26-22-50)92(143)112-37-13-17-66(112)87(138)104-61(42-73(125)126)83(134)99-57(81(132)109-74)30-34-71(121)122/h7-9,14-15,19-26,46-47,53-67,74-75,113-115H,5-6,10-13,16-18,27-45,93-94H2,1-4H3,(H2,95,116)(H2,96,127)(H,97,129)(H,98,133)(H,99,134)(H,100,140)(H,101,136)(H,102,130)(H,103,137)(H,104,138)(H,105,131)(H,106,139)(H,107,128)(H,108,141)(H,109,132)(H,110,135)(H,117,118)(H,119,120)(H,121,122)(H,123,124)(H,125,126)/t46-,47-,53-,54-,55-,56-,57-,58-,59-,60-,61-,62-,63-,64-,65-,66-,67-,74-,75-/m0/s1. The van der Waals surface area contributed by atoms with Gasteiger partial charge in [0.05, 0.1) is 25.5 Å². The van der Waals surface area contributed by atoms with Gasteiger partial charge in [0, 0.05) is 69.5 Å². The van der Waals surface area contributed by atoms with Crippen molar-refractivity contribution in [1.82, 2.24) is 84.2 Å². The summed E-state index contributed by atoms with van der Waals surface area (Å²) < 4.78 is 0. The summed E-state index contributed by atoms with van der Waals surface area (Å²) in [6.07, 6.45) is -10.2. The van der Waals surface area contributed by atoms with Crippen molar-refractivity contribution in [3.63, 3.8) is 0 Å². The minimum absolute atomic E-state index is 0.00326. The molecule has 53 heteroatoms. The molecule has 3 saturated heterocycles. The number of benzene rings is 3. The molecule has 796 valence electrons. The monoisotopic (exact) mass is 2070 g/mol. The van der Waals surface area contributed by atoms with E-state index < -0.39 is 352 Å². The number of carbonyl (C=O) groups is 23. The van der Waals surface area contributed by atoms with Crippen LogP contribution in [-0.4, -0.2) is 327 Å². The number of nitrogens with one attached hydrogen (secondary N) is 14. The first-order chi connectivity index (χ1) is 68.6. The van der Waals surface area contributed by atoms with E-state index >= 15 is 43.2 Å². The van der Waals surface area contributed by atoms with E-state index in [0.717, 1.165) is 9.80 Å². The van der Waals surface area contributed by atoms with Crippen LogP contribution in [0, 0.1) is 11.8 Å². The number of aliphatic hydroxyl groups is 1. The fourth-order valence-electron chi connectivity index (χ4n) is 15.8. The molecule has 3 aromatic rings. The third kappa shape index (κ3) is 39.4. The number of phenolic OH excluding ortho intramolecular Hbond substituents is 2. The summed E-state index contributed by atoms with van der Waals surface area (Å²) in [5.41, 5.74) is 23.7. The van der Waals surface area contributed by atoms with Crippen LogP contribution in [0.4, 0.5) is 0 Å². The predicted octanol–water partition coefficient (Wildman–Crippen LogP) is -5.87. The number of carboxylic acid groups (broad SMARTS) is 5. The second kappa shape index (κ2) is 59.7. The highest BCUT2D eigenvalue weighted by molar-refractivity contribution is 8.76. The molecule has 0 aromatic heterocycles. The molecule has 0 saturated carbocycles. The molecule has 3 aliphatic rings. The third-order valence-electron chi connectivity index (χ3n) is 24.3. The van der Waals surface area contributed by atoms with Crippen molar-refractivity contribution < 1.29 is 151 Å². The summed E-state index contributed by atoms with van der Waals surface area (Å²) in [7, 11) is 1.35. The van der Waals surface area contributed by atoms with Crippen LogP contribution in [-0.2, 0) is 130 Å². The number of hydrogen-bond donors (Lipinski definition) is 26. The van der Waals surface area contributed by atoms with Crippen LogP contribution < -0.4 is 97.4 Å². The number of nitrogens with zero attached hydrogens (tertiary/aromatic N) is 2. The summed E-state index contributed by atoms with van der Waals surface area (Å²) >= 11 is 0. The van der Waals surface area contributed by atoms with Gasteiger partial charge < -0.3 is 148 Å². The van der Waals surface area contributed by atoms with Crippen LogP contribution in [0.2, 0.25) is 0 Å². The number of aromatic hydroxyl groups is 2. The zero-order valence-electron chi connectivity index (χ0n) is 80.3. The van der Waals surface area contributed by atoms with E-state index in [2.05, 4.69) is 74.4 Å². The maximum absolute atomic E-state index is 15.5. The van der Waals surface area contributed by atoms with Crippen LogP contribution in [0.25, 0.3) is 0 Å². The highest BCUT2D eigenvalue weighted by atomic mass is 33.1. The molecule has 0 aliphatic carbocycles. The minimum atomic E-state index is -2.20. The molecule has 0 bridgehead atoms. The van der Waals surface area contributed by atoms with E-state index in [1.807, 2.05) is 0 Å². The largest absolute Gasteiger partial charge is 0.508 e. The first-order valence-electron chi connectivity index (χ1n) is 47.1. The molecule has 0 spiro atoms. The van der Waals surface area contributed by atoms with E-state index in [1.165, 1.54) is 93.6 Å². The lowest BCUT2D eigenvalue weighted by Gasteiger charge is -2.31. The van der Waals surface area contributed by atoms with Gasteiger partial charge in [0.1, 0.15) is 108 Å². The van der Waals surface area contributed by atoms with E-state index in [-0.39, 0.29) is 100 Å². The number of amides is 18. The van der Waals surface area contributed by atoms with Gasteiger partial charge in [-0.25, -0.2) is 0 Å². The summed E-state index contributed by atoms with van der Waals surface area (Å²) in [6.45, 7) is 4.76. The number of primary amides is 2. The Morgan fingerprint density at radius 3 is 1.35 bits per heavy atom. The van der Waals surface area contributed by atoms with Crippen molar-refractivity contribution in [2.24, 2.45) is 34.8 Å². The molecule has 145 heavy (non-hydrogen) atoms. The Balaban J connectivity index is 1.58. The van der Waals surface area contributed by atoms with Crippen LogP contribution in [0.15, 0.2) is 78.9 Å². The topological polar surface area (TPSA) is 833 Å². The Morgan fingerprint density at radius 1 is 0.455 bits per heavy atom. The molecule has 19 atom stereocenters. The van der Waals surface area contributed by atoms with Crippen LogP contribution >= 0.6 is 21.6 Å². The number of hydrogen-bond acceptors (Lipinski definition) is 30. The minimum Gasteiger partial charge on any atom is -0.508 e. The normalized spacial score (nSPS) is 23.7. The molecule has 0 unspecified atom stereocenters. The molecular formula is C92H130N20O31S2. The fourth-order valence-corrected chi connectivity index (χ4v) is 18.1. The number of carbonyl (C=O) groups excluding carboxylic acids is 18. The second-order valence-electron chi connectivity index (χ2n) is 35.3. The molecule has 3 heterocycles. The van der Waals surface area contributed by atoms with E-state index in [1.54, 1.807) is 13.0 Å². The van der Waals surface area contributed by atoms with Crippen LogP contribution in [0.5, 0.6) is 11.5 Å². The summed E-state index contributed by atoms with van der Waals surface area (Å²) in [5, 5.41) is 115. The van der Waals surface area contributed by atoms with Gasteiger partial charge in [0.25, 0.3) is 0 Å². The predicted molar refractivity (Wildman–Crippen MR) is 515 cm³/mol. The highest BCUT2D eigenvalue weighted by Gasteiger charge is 2.46. The molecule has 3 aliphatic heterocycles. The molecule has 0 radical (unpaired) electrons. The molecule has 6 rings (SSSR count). The van der Waals surface area contributed by atoms with Crippen molar-refractivity contribution in [2.45, 2.75) is 272 Å². The molecule has 18 amide bonds. The molecular weight excluding hydrogens is 1950 g/mol. The average Bonchev–Trinajstić information content (AvgIpc) is 1.75. The fraction of sp³-hybridized carbons (Fsp3) is 0.554. The van der Waals surface area contributed by atoms with E-state index in [0.29, 0.717) is 27.2 Å². The first-order valence-corrected chi connectivity index (χ1v) is 49.6. The number of phenols is 2. The SMILES string of the molecule is CC[C@H](C)[C@@H]1NC(=O)[C@H](CCC(=O)O)NC(=O)[C@H](CC(=O)O)NC(=O)[C@@H]2CCCN2C(=O)[C@H](Cc2ccc(O)cc2)NC(=O)[C@H](CCC(=O)O)NC(=O)[C@H](CCC(N)=O)NC(=O)[C@H](Cc2ccccc2)NC(=O)[C@@H](NC(=O)[C@@H](N)CC(=O)O)CSSC[C@@H](C(=O)N[C@@H](CCCCN)C(=O)N2CCC[C@H]2C(=O)N[C@@H](CO)C(N)=O)NC(=O)[C@H]([C@@H](C)CC)NC(=O)[C@H](Cc2ccc(O)cc2)NC(=O)[C@H](CCC(=O)O)NC1=O. The van der Waals surface area contributed by atoms with Crippen molar-refractivity contribution in [1.29, 1.82) is 0 Å². The number of carboxylic acids is 5. The van der Waals surface area contributed by atoms with Crippen LogP contribution in [0.1, 0.15) is 166 Å². The quantitative estimate of drug-likeness (QED) is 0.0187. The van der Waals surface area contributed by atoms with Gasteiger partial charge in [-0.05, 0) is 130 Å². The van der Waals surface area contributed by atoms with Gasteiger partial charge >= 0.3 is 29.8 Å². The number of unbranched alkanes of at least 4 members (excludes halogenated alkanes) is 1. The lowest BCUT2D eigenvalue weighted by Crippen LogP contribution is -2.62. The molecule has 3 aromatic carbocycles. The highest BCUT2D eigenvalue weighted by Crippen LogP contribution is 2.28. The van der Waals surface area contributed by atoms with Crippen molar-refractivity contribution in [2.75, 3.05) is 37.7 Å². The Kier molecular flexibility index (Phi) is 49.1. The van der Waals surface area contributed by atoms with Gasteiger partial charge in [-0.2, -0.15) is 0 Å². The molecule has 3 fully saturated rings. The number of nitrogens with two attached hydrogens (primary N) is 4.